The lowest BCUT2D eigenvalue weighted by atomic mass is 9.81. The van der Waals surface area contributed by atoms with Gasteiger partial charge in [0.05, 0.1) is 12.9 Å². The Kier molecular flexibility index (Phi) is 8.39. The standard InChI is InChI=1S/C28H31F3N4O5S/c1-34-16-26(33-18-34)41(37,38)35(40-27(36)28(29,30)31)15-21-10-11-25-23(13-21)22(12-19-6-3-2-4-7-19)24(17-39-25)32-14-20-8-5-9-20/h2-4,6-7,10-11,13,16,18,20,22,24,32H,5,8-9,12,14-15,17H2,1H3. The lowest BCUT2D eigenvalue weighted by Crippen LogP contribution is -2.46. The van der Waals surface area contributed by atoms with Crippen LogP contribution in [-0.4, -0.2) is 53.8 Å². The highest BCUT2D eigenvalue weighted by molar-refractivity contribution is 7.88. The van der Waals surface area contributed by atoms with Crippen molar-refractivity contribution in [2.45, 2.75) is 55.4 Å². The first-order valence-corrected chi connectivity index (χ1v) is 14.8. The summed E-state index contributed by atoms with van der Waals surface area (Å²) < 4.78 is 73.1. The summed E-state index contributed by atoms with van der Waals surface area (Å²) >= 11 is 0. The molecule has 0 amide bonds. The number of aryl methyl sites for hydroxylation is 1. The van der Waals surface area contributed by atoms with Crippen molar-refractivity contribution in [2.24, 2.45) is 13.0 Å². The molecule has 2 atom stereocenters. The Hall–Kier alpha value is -3.42. The second-order valence-corrected chi connectivity index (χ2v) is 12.3. The maximum atomic E-state index is 13.2. The third-order valence-electron chi connectivity index (χ3n) is 7.51. The molecule has 3 aromatic rings. The number of nitrogens with zero attached hydrogens (tertiary/aromatic N) is 3. The molecule has 13 heteroatoms. The van der Waals surface area contributed by atoms with Gasteiger partial charge in [0.1, 0.15) is 12.4 Å². The molecule has 0 saturated heterocycles. The molecule has 0 bridgehead atoms. The molecule has 9 nitrogen and oxygen atoms in total. The second-order valence-electron chi connectivity index (χ2n) is 10.5. The van der Waals surface area contributed by atoms with E-state index in [2.05, 4.69) is 15.1 Å². The Morgan fingerprint density at radius 1 is 1.17 bits per heavy atom. The summed E-state index contributed by atoms with van der Waals surface area (Å²) in [6, 6.07) is 14.8. The number of carbonyl (C=O) groups is 1. The Labute approximate surface area is 236 Å². The molecule has 220 valence electrons. The number of fused-ring (bicyclic) bond motifs is 1. The number of ether oxygens (including phenoxy) is 1. The third-order valence-corrected chi connectivity index (χ3v) is 8.99. The van der Waals surface area contributed by atoms with Crippen LogP contribution in [-0.2, 0) is 39.7 Å². The molecule has 1 fully saturated rings. The number of sulfonamides is 1. The number of halogens is 3. The molecule has 2 unspecified atom stereocenters. The Morgan fingerprint density at radius 2 is 1.93 bits per heavy atom. The van der Waals surface area contributed by atoms with Gasteiger partial charge < -0.3 is 19.5 Å². The van der Waals surface area contributed by atoms with Gasteiger partial charge in [-0.05, 0) is 59.0 Å². The minimum atomic E-state index is -5.40. The summed E-state index contributed by atoms with van der Waals surface area (Å²) in [4.78, 5) is 19.9. The third kappa shape index (κ3) is 6.74. The van der Waals surface area contributed by atoms with E-state index in [1.54, 1.807) is 18.2 Å². The largest absolute Gasteiger partial charge is 0.492 e. The van der Waals surface area contributed by atoms with Gasteiger partial charge in [-0.2, -0.15) is 13.2 Å². The summed E-state index contributed by atoms with van der Waals surface area (Å²) in [6.07, 6.45) is 1.15. The molecule has 0 spiro atoms. The predicted octanol–water partition coefficient (Wildman–Crippen LogP) is 4.11. The highest BCUT2D eigenvalue weighted by Crippen LogP contribution is 2.38. The van der Waals surface area contributed by atoms with Crippen molar-refractivity contribution in [1.29, 1.82) is 0 Å². The van der Waals surface area contributed by atoms with E-state index in [0.717, 1.165) is 23.9 Å². The normalized spacial score (nSPS) is 19.3. The van der Waals surface area contributed by atoms with Crippen LogP contribution < -0.4 is 10.1 Å². The van der Waals surface area contributed by atoms with Gasteiger partial charge in [-0.15, -0.1) is 0 Å². The van der Waals surface area contributed by atoms with Crippen LogP contribution in [0.2, 0.25) is 0 Å². The number of aromatic nitrogens is 2. The average molecular weight is 593 g/mol. The molecule has 2 aliphatic rings. The summed E-state index contributed by atoms with van der Waals surface area (Å²) in [7, 11) is -3.22. The van der Waals surface area contributed by atoms with Crippen LogP contribution in [0.25, 0.3) is 0 Å². The first kappa shape index (κ1) is 29.1. The van der Waals surface area contributed by atoms with Gasteiger partial charge >= 0.3 is 12.1 Å². The van der Waals surface area contributed by atoms with Crippen LogP contribution in [0.5, 0.6) is 5.75 Å². The monoisotopic (exact) mass is 592 g/mol. The minimum absolute atomic E-state index is 0.0324. The average Bonchev–Trinajstić information content (AvgIpc) is 3.35. The van der Waals surface area contributed by atoms with Gasteiger partial charge in [-0.1, -0.05) is 48.9 Å². The quantitative estimate of drug-likeness (QED) is 0.354. The zero-order valence-corrected chi connectivity index (χ0v) is 23.2. The van der Waals surface area contributed by atoms with Crippen molar-refractivity contribution in [3.05, 3.63) is 77.7 Å². The molecule has 2 heterocycles. The molecule has 1 N–H and O–H groups in total. The Bertz CT molecular complexity index is 1480. The number of benzene rings is 2. The van der Waals surface area contributed by atoms with Gasteiger partial charge in [0.2, 0.25) is 0 Å². The highest BCUT2D eigenvalue weighted by Gasteiger charge is 2.45. The molecule has 41 heavy (non-hydrogen) atoms. The van der Waals surface area contributed by atoms with Crippen LogP contribution in [0.15, 0.2) is 66.1 Å². The fourth-order valence-electron chi connectivity index (χ4n) is 5.05. The number of carbonyl (C=O) groups excluding carboxylic acids is 1. The van der Waals surface area contributed by atoms with Crippen molar-refractivity contribution in [3.63, 3.8) is 0 Å². The van der Waals surface area contributed by atoms with Crippen molar-refractivity contribution >= 4 is 16.0 Å². The van der Waals surface area contributed by atoms with Crippen LogP contribution in [0.4, 0.5) is 13.2 Å². The van der Waals surface area contributed by atoms with Crippen molar-refractivity contribution < 1.29 is 36.0 Å². The van der Waals surface area contributed by atoms with E-state index in [1.165, 1.54) is 37.2 Å². The van der Waals surface area contributed by atoms with Crippen molar-refractivity contribution in [3.8, 4) is 5.75 Å². The number of alkyl halides is 3. The first-order valence-electron chi connectivity index (χ1n) is 13.3. The fourth-order valence-corrected chi connectivity index (χ4v) is 6.23. The Balaban J connectivity index is 1.46. The van der Waals surface area contributed by atoms with E-state index in [0.29, 0.717) is 30.3 Å². The van der Waals surface area contributed by atoms with Crippen LogP contribution >= 0.6 is 0 Å². The van der Waals surface area contributed by atoms with E-state index in [-0.39, 0.29) is 16.4 Å². The van der Waals surface area contributed by atoms with Gasteiger partial charge in [0.25, 0.3) is 10.0 Å². The molecule has 5 rings (SSSR count). The zero-order chi connectivity index (χ0) is 29.2. The zero-order valence-electron chi connectivity index (χ0n) is 22.4. The second kappa shape index (κ2) is 11.8. The number of imidazole rings is 1. The lowest BCUT2D eigenvalue weighted by molar-refractivity contribution is -0.223. The highest BCUT2D eigenvalue weighted by atomic mass is 32.2. The topological polar surface area (TPSA) is 103 Å². The number of hydrogen-bond donors (Lipinski definition) is 1. The van der Waals surface area contributed by atoms with Crippen LogP contribution in [0.1, 0.15) is 41.9 Å². The summed E-state index contributed by atoms with van der Waals surface area (Å²) in [5.41, 5.74) is 2.21. The fraction of sp³-hybridized carbons (Fsp3) is 0.429. The molecule has 1 aromatic heterocycles. The number of rotatable bonds is 10. The van der Waals surface area contributed by atoms with Crippen LogP contribution in [0, 0.1) is 5.92 Å². The van der Waals surface area contributed by atoms with Crippen molar-refractivity contribution in [2.75, 3.05) is 13.2 Å². The first-order chi connectivity index (χ1) is 19.5. The lowest BCUT2D eigenvalue weighted by Gasteiger charge is -2.37. The Morgan fingerprint density at radius 3 is 2.56 bits per heavy atom. The summed E-state index contributed by atoms with van der Waals surface area (Å²) in [5.74, 6) is -1.48. The minimum Gasteiger partial charge on any atom is -0.492 e. The molecule has 2 aromatic carbocycles. The molecule has 1 aliphatic heterocycles. The predicted molar refractivity (Wildman–Crippen MR) is 142 cm³/mol. The van der Waals surface area contributed by atoms with E-state index in [4.69, 9.17) is 4.74 Å². The molecular formula is C28H31F3N4O5S. The van der Waals surface area contributed by atoms with E-state index < -0.39 is 33.7 Å². The SMILES string of the molecule is Cn1cnc(S(=O)(=O)N(Cc2ccc3c(c2)C(Cc2ccccc2)C(NCC2CCC2)CO3)OC(=O)C(F)(F)F)c1. The molecule has 1 aliphatic carbocycles. The van der Waals surface area contributed by atoms with Gasteiger partial charge in [0, 0.05) is 25.2 Å². The van der Waals surface area contributed by atoms with E-state index in [1.807, 2.05) is 30.3 Å². The van der Waals surface area contributed by atoms with Crippen LogP contribution in [0.3, 0.4) is 0 Å². The maximum absolute atomic E-state index is 13.2. The molecule has 1 saturated carbocycles. The summed E-state index contributed by atoms with van der Waals surface area (Å²) in [6.45, 7) is 0.643. The van der Waals surface area contributed by atoms with E-state index >= 15 is 0 Å². The van der Waals surface area contributed by atoms with Gasteiger partial charge in [-0.25, -0.2) is 18.2 Å². The smallest absolute Gasteiger partial charge is 0.492 e. The van der Waals surface area contributed by atoms with Crippen molar-refractivity contribution in [1.82, 2.24) is 19.3 Å². The van der Waals surface area contributed by atoms with Gasteiger partial charge in [0.15, 0.2) is 5.03 Å². The number of hydrogen-bond acceptors (Lipinski definition) is 7. The summed E-state index contributed by atoms with van der Waals surface area (Å²) in [5, 5.41) is 3.09. The number of nitrogens with one attached hydrogen (secondary N) is 1. The maximum Gasteiger partial charge on any atom is 0.492 e. The van der Waals surface area contributed by atoms with Gasteiger partial charge in [-0.3, -0.25) is 0 Å². The van der Waals surface area contributed by atoms with E-state index in [9.17, 15) is 26.4 Å². The number of hydroxylamine groups is 1. The molecular weight excluding hydrogens is 561 g/mol. The molecule has 0 radical (unpaired) electrons.